The predicted octanol–water partition coefficient (Wildman–Crippen LogP) is 3.95. The molecule has 0 aliphatic carbocycles. The van der Waals surface area contributed by atoms with Crippen molar-refractivity contribution in [3.63, 3.8) is 0 Å². The Labute approximate surface area is 136 Å². The summed E-state index contributed by atoms with van der Waals surface area (Å²) in [6.45, 7) is 3.67. The molecular weight excluding hydrogens is 282 g/mol. The molecule has 3 aromatic rings. The topological polar surface area (TPSA) is 40.8 Å². The lowest BCUT2D eigenvalue weighted by Gasteiger charge is -2.12. The van der Waals surface area contributed by atoms with E-state index in [1.807, 2.05) is 36.5 Å². The van der Waals surface area contributed by atoms with Crippen molar-refractivity contribution in [3.05, 3.63) is 89.2 Å². The molecule has 0 fully saturated rings. The number of para-hydroxylation sites is 1. The normalized spacial score (nSPS) is 10.4. The van der Waals surface area contributed by atoms with Crippen LogP contribution in [0.1, 0.15) is 22.4 Å². The first-order valence-electron chi connectivity index (χ1n) is 7.70. The number of nitriles is 1. The van der Waals surface area contributed by atoms with Gasteiger partial charge in [0.25, 0.3) is 0 Å². The summed E-state index contributed by atoms with van der Waals surface area (Å²) in [5.41, 5.74) is 5.29. The summed E-state index contributed by atoms with van der Waals surface area (Å²) in [4.78, 5) is 0. The second kappa shape index (κ2) is 6.95. The monoisotopic (exact) mass is 301 g/mol. The molecule has 3 nitrogen and oxygen atoms in total. The van der Waals surface area contributed by atoms with E-state index in [2.05, 4.69) is 53.2 Å². The first-order valence-corrected chi connectivity index (χ1v) is 7.70. The van der Waals surface area contributed by atoms with Gasteiger partial charge in [0.05, 0.1) is 11.3 Å². The van der Waals surface area contributed by atoms with Crippen LogP contribution in [0.3, 0.4) is 0 Å². The van der Waals surface area contributed by atoms with Crippen molar-refractivity contribution in [2.75, 3.05) is 0 Å². The van der Waals surface area contributed by atoms with Crippen LogP contribution in [-0.4, -0.2) is 4.57 Å². The first-order chi connectivity index (χ1) is 11.3. The molecule has 114 valence electrons. The van der Waals surface area contributed by atoms with Crippen molar-refractivity contribution in [2.45, 2.75) is 20.0 Å². The maximum absolute atomic E-state index is 9.28. The SMILES string of the molecule is Cc1ccc(CNCc2cccn2-c2ccccc2C#N)cc1. The molecule has 0 aliphatic heterocycles. The van der Waals surface area contributed by atoms with Crippen LogP contribution in [0, 0.1) is 18.3 Å². The summed E-state index contributed by atoms with van der Waals surface area (Å²) in [5.74, 6) is 0. The van der Waals surface area contributed by atoms with Gasteiger partial charge in [-0.2, -0.15) is 5.26 Å². The fourth-order valence-electron chi connectivity index (χ4n) is 2.61. The molecule has 0 bridgehead atoms. The lowest BCUT2D eigenvalue weighted by Crippen LogP contribution is -2.15. The molecule has 0 radical (unpaired) electrons. The number of aryl methyl sites for hydroxylation is 1. The third-order valence-corrected chi connectivity index (χ3v) is 3.87. The average Bonchev–Trinajstić information content (AvgIpc) is 3.05. The first kappa shape index (κ1) is 15.1. The minimum Gasteiger partial charge on any atom is -0.318 e. The fourth-order valence-corrected chi connectivity index (χ4v) is 2.61. The summed E-state index contributed by atoms with van der Waals surface area (Å²) < 4.78 is 2.07. The Balaban J connectivity index is 1.72. The Bertz CT molecular complexity index is 823. The van der Waals surface area contributed by atoms with E-state index >= 15 is 0 Å². The summed E-state index contributed by atoms with van der Waals surface area (Å²) in [7, 11) is 0. The van der Waals surface area contributed by atoms with Crippen molar-refractivity contribution in [3.8, 4) is 11.8 Å². The molecule has 0 unspecified atom stereocenters. The lowest BCUT2D eigenvalue weighted by molar-refractivity contribution is 0.669. The predicted molar refractivity (Wildman–Crippen MR) is 92.2 cm³/mol. The summed E-state index contributed by atoms with van der Waals surface area (Å²) in [6.07, 6.45) is 2.00. The van der Waals surface area contributed by atoms with E-state index in [1.165, 1.54) is 11.1 Å². The molecule has 0 aliphatic rings. The maximum atomic E-state index is 9.28. The second-order valence-corrected chi connectivity index (χ2v) is 5.59. The molecule has 3 heteroatoms. The van der Waals surface area contributed by atoms with Gasteiger partial charge in [0.1, 0.15) is 6.07 Å². The smallest absolute Gasteiger partial charge is 0.101 e. The minimum atomic E-state index is 0.684. The van der Waals surface area contributed by atoms with Crippen molar-refractivity contribution in [1.82, 2.24) is 9.88 Å². The van der Waals surface area contributed by atoms with Gasteiger partial charge in [-0.25, -0.2) is 0 Å². The molecule has 3 rings (SSSR count). The van der Waals surface area contributed by atoms with Crippen LogP contribution < -0.4 is 5.32 Å². The minimum absolute atomic E-state index is 0.684. The average molecular weight is 301 g/mol. The van der Waals surface area contributed by atoms with Gasteiger partial charge >= 0.3 is 0 Å². The summed E-state index contributed by atoms with van der Waals surface area (Å²) in [5, 5.41) is 12.7. The zero-order valence-corrected chi connectivity index (χ0v) is 13.2. The number of nitrogens with zero attached hydrogens (tertiary/aromatic N) is 2. The van der Waals surface area contributed by atoms with E-state index in [9.17, 15) is 5.26 Å². The molecule has 1 N–H and O–H groups in total. The number of benzene rings is 2. The highest BCUT2D eigenvalue weighted by molar-refractivity contribution is 5.49. The zero-order chi connectivity index (χ0) is 16.1. The van der Waals surface area contributed by atoms with Crippen LogP contribution in [0.2, 0.25) is 0 Å². The Morgan fingerprint density at radius 1 is 0.957 bits per heavy atom. The van der Waals surface area contributed by atoms with Gasteiger partial charge in [0, 0.05) is 25.0 Å². The third kappa shape index (κ3) is 3.50. The van der Waals surface area contributed by atoms with Gasteiger partial charge < -0.3 is 9.88 Å². The van der Waals surface area contributed by atoms with E-state index in [0.29, 0.717) is 5.56 Å². The van der Waals surface area contributed by atoms with Crippen LogP contribution in [0.5, 0.6) is 0 Å². The molecule has 1 aromatic heterocycles. The van der Waals surface area contributed by atoms with Gasteiger partial charge in [0.2, 0.25) is 0 Å². The molecule has 0 spiro atoms. The van der Waals surface area contributed by atoms with Crippen molar-refractivity contribution >= 4 is 0 Å². The quantitative estimate of drug-likeness (QED) is 0.775. The highest BCUT2D eigenvalue weighted by atomic mass is 15.0. The van der Waals surface area contributed by atoms with Gasteiger partial charge in [-0.05, 0) is 36.8 Å². The van der Waals surface area contributed by atoms with E-state index in [-0.39, 0.29) is 0 Å². The van der Waals surface area contributed by atoms with Crippen LogP contribution in [0.25, 0.3) is 5.69 Å². The zero-order valence-electron chi connectivity index (χ0n) is 13.2. The maximum Gasteiger partial charge on any atom is 0.101 e. The molecule has 0 amide bonds. The summed E-state index contributed by atoms with van der Waals surface area (Å²) in [6, 6.07) is 22.6. The van der Waals surface area contributed by atoms with Gasteiger partial charge in [-0.15, -0.1) is 0 Å². The summed E-state index contributed by atoms with van der Waals surface area (Å²) >= 11 is 0. The Morgan fingerprint density at radius 2 is 1.74 bits per heavy atom. The van der Waals surface area contributed by atoms with Crippen LogP contribution in [0.15, 0.2) is 66.9 Å². The number of aromatic nitrogens is 1. The molecule has 0 saturated carbocycles. The van der Waals surface area contributed by atoms with Crippen LogP contribution in [0.4, 0.5) is 0 Å². The van der Waals surface area contributed by atoms with Crippen LogP contribution >= 0.6 is 0 Å². The molecule has 1 heterocycles. The molecular formula is C20H19N3. The molecule has 23 heavy (non-hydrogen) atoms. The largest absolute Gasteiger partial charge is 0.318 e. The standard InChI is InChI=1S/C20H19N3/c1-16-8-10-17(11-9-16)14-22-15-19-6-4-12-23(19)20-7-3-2-5-18(20)13-21/h2-12,22H,14-15H2,1H3. The lowest BCUT2D eigenvalue weighted by atomic mass is 10.1. The van der Waals surface area contributed by atoms with E-state index in [4.69, 9.17) is 0 Å². The third-order valence-electron chi connectivity index (χ3n) is 3.87. The number of hydrogen-bond donors (Lipinski definition) is 1. The van der Waals surface area contributed by atoms with Crippen molar-refractivity contribution in [2.24, 2.45) is 0 Å². The highest BCUT2D eigenvalue weighted by Gasteiger charge is 2.07. The highest BCUT2D eigenvalue weighted by Crippen LogP contribution is 2.17. The molecule has 2 aromatic carbocycles. The Kier molecular flexibility index (Phi) is 4.56. The van der Waals surface area contributed by atoms with Crippen molar-refractivity contribution in [1.29, 1.82) is 5.26 Å². The number of nitrogens with one attached hydrogen (secondary N) is 1. The second-order valence-electron chi connectivity index (χ2n) is 5.59. The van der Waals surface area contributed by atoms with Gasteiger partial charge in [-0.1, -0.05) is 42.0 Å². The number of rotatable bonds is 5. The molecule has 0 atom stereocenters. The van der Waals surface area contributed by atoms with E-state index in [1.54, 1.807) is 0 Å². The van der Waals surface area contributed by atoms with Gasteiger partial charge in [-0.3, -0.25) is 0 Å². The Morgan fingerprint density at radius 3 is 2.52 bits per heavy atom. The van der Waals surface area contributed by atoms with Gasteiger partial charge in [0.15, 0.2) is 0 Å². The fraction of sp³-hybridized carbons (Fsp3) is 0.150. The Hall–Kier alpha value is -2.83. The van der Waals surface area contributed by atoms with E-state index in [0.717, 1.165) is 24.5 Å². The molecule has 0 saturated heterocycles. The van der Waals surface area contributed by atoms with E-state index < -0.39 is 0 Å². The number of hydrogen-bond acceptors (Lipinski definition) is 2. The van der Waals surface area contributed by atoms with Crippen LogP contribution in [-0.2, 0) is 13.1 Å². The van der Waals surface area contributed by atoms with Crippen molar-refractivity contribution < 1.29 is 0 Å².